The number of nitrogens with zero attached hydrogens (tertiary/aromatic N) is 4. The van der Waals surface area contributed by atoms with Crippen LogP contribution in [0, 0.1) is 5.82 Å². The van der Waals surface area contributed by atoms with E-state index in [1.807, 2.05) is 66.3 Å². The van der Waals surface area contributed by atoms with E-state index in [2.05, 4.69) is 15.4 Å². The summed E-state index contributed by atoms with van der Waals surface area (Å²) in [5, 5.41) is 17.0. The first-order chi connectivity index (χ1) is 13.6. The van der Waals surface area contributed by atoms with Gasteiger partial charge in [0.25, 0.3) is 0 Å². The van der Waals surface area contributed by atoms with E-state index in [0.717, 1.165) is 17.8 Å². The summed E-state index contributed by atoms with van der Waals surface area (Å²) in [4.78, 5) is 6.56. The van der Waals surface area contributed by atoms with Crippen molar-refractivity contribution in [2.24, 2.45) is 4.99 Å². The number of guanidine groups is 1. The Balaban J connectivity index is 1.69. The Kier molecular flexibility index (Phi) is 6.26. The number of halogens is 1. The first-order valence-corrected chi connectivity index (χ1v) is 9.12. The lowest BCUT2D eigenvalue weighted by Gasteiger charge is -2.21. The lowest BCUT2D eigenvalue weighted by Crippen LogP contribution is -2.38. The number of nitrogens with one attached hydrogen (secondary N) is 1. The van der Waals surface area contributed by atoms with Gasteiger partial charge in [-0.15, -0.1) is 0 Å². The summed E-state index contributed by atoms with van der Waals surface area (Å²) in [7, 11) is 1.94. The minimum atomic E-state index is -0.639. The van der Waals surface area contributed by atoms with Crippen molar-refractivity contribution < 1.29 is 9.50 Å². The molecule has 0 unspecified atom stereocenters. The normalized spacial score (nSPS) is 11.5. The highest BCUT2D eigenvalue weighted by atomic mass is 19.1. The Hall–Kier alpha value is -3.35. The SMILES string of the molecule is CCNC(=NCc1ccc(O)c(F)c1)N(C)Cc1cnn(-c2ccccc2)c1. The number of phenols is 1. The van der Waals surface area contributed by atoms with E-state index in [-0.39, 0.29) is 5.75 Å². The van der Waals surface area contributed by atoms with Gasteiger partial charge in [0.2, 0.25) is 0 Å². The van der Waals surface area contributed by atoms with Crippen LogP contribution in [0.5, 0.6) is 5.75 Å². The molecule has 0 saturated heterocycles. The second-order valence-electron chi connectivity index (χ2n) is 6.44. The minimum absolute atomic E-state index is 0.313. The molecule has 0 bridgehead atoms. The second kappa shape index (κ2) is 9.03. The standard InChI is InChI=1S/C21H24FN5O/c1-3-23-21(24-12-16-9-10-20(28)19(22)11-16)26(2)14-17-13-25-27(15-17)18-7-5-4-6-8-18/h4-11,13,15,28H,3,12,14H2,1-2H3,(H,23,24). The molecule has 0 aliphatic carbocycles. The molecule has 0 aliphatic heterocycles. The smallest absolute Gasteiger partial charge is 0.194 e. The Bertz CT molecular complexity index is 939. The summed E-state index contributed by atoms with van der Waals surface area (Å²) in [6.45, 7) is 3.66. The van der Waals surface area contributed by atoms with Crippen molar-refractivity contribution in [2.45, 2.75) is 20.0 Å². The van der Waals surface area contributed by atoms with E-state index in [1.54, 1.807) is 6.07 Å². The third-order valence-electron chi connectivity index (χ3n) is 4.20. The quantitative estimate of drug-likeness (QED) is 0.508. The third kappa shape index (κ3) is 4.88. The number of para-hydroxylation sites is 1. The van der Waals surface area contributed by atoms with Gasteiger partial charge in [-0.3, -0.25) is 0 Å². The maximum absolute atomic E-state index is 13.5. The molecule has 7 heteroatoms. The molecule has 1 heterocycles. The van der Waals surface area contributed by atoms with Crippen molar-refractivity contribution in [1.82, 2.24) is 20.0 Å². The van der Waals surface area contributed by atoms with Crippen LogP contribution in [0.25, 0.3) is 5.69 Å². The molecule has 2 N–H and O–H groups in total. The van der Waals surface area contributed by atoms with E-state index < -0.39 is 5.82 Å². The molecule has 0 spiro atoms. The van der Waals surface area contributed by atoms with Gasteiger partial charge in [-0.25, -0.2) is 14.1 Å². The van der Waals surface area contributed by atoms with Gasteiger partial charge >= 0.3 is 0 Å². The van der Waals surface area contributed by atoms with E-state index >= 15 is 0 Å². The fraction of sp³-hybridized carbons (Fsp3) is 0.238. The van der Waals surface area contributed by atoms with Crippen LogP contribution in [0.1, 0.15) is 18.1 Å². The summed E-state index contributed by atoms with van der Waals surface area (Å²) >= 11 is 0. The lowest BCUT2D eigenvalue weighted by molar-refractivity contribution is 0.432. The first-order valence-electron chi connectivity index (χ1n) is 9.12. The largest absolute Gasteiger partial charge is 0.505 e. The van der Waals surface area contributed by atoms with Crippen LogP contribution in [-0.4, -0.2) is 39.3 Å². The molecule has 1 aromatic heterocycles. The molecule has 2 aromatic carbocycles. The zero-order valence-electron chi connectivity index (χ0n) is 16.0. The van der Waals surface area contributed by atoms with Gasteiger partial charge in [-0.2, -0.15) is 5.10 Å². The number of phenolic OH excluding ortho intramolecular Hbond substituents is 1. The lowest BCUT2D eigenvalue weighted by atomic mass is 10.2. The van der Waals surface area contributed by atoms with Gasteiger partial charge in [0.1, 0.15) is 0 Å². The van der Waals surface area contributed by atoms with Gasteiger partial charge in [0, 0.05) is 31.9 Å². The number of benzene rings is 2. The van der Waals surface area contributed by atoms with E-state index in [0.29, 0.717) is 24.6 Å². The first kappa shape index (κ1) is 19.4. The average molecular weight is 381 g/mol. The fourth-order valence-electron chi connectivity index (χ4n) is 2.80. The average Bonchev–Trinajstić information content (AvgIpc) is 3.17. The summed E-state index contributed by atoms with van der Waals surface area (Å²) in [6.07, 6.45) is 3.83. The predicted molar refractivity (Wildman–Crippen MR) is 108 cm³/mol. The molecule has 0 saturated carbocycles. The fourth-order valence-corrected chi connectivity index (χ4v) is 2.80. The number of aromatic nitrogens is 2. The zero-order chi connectivity index (χ0) is 19.9. The van der Waals surface area contributed by atoms with Gasteiger partial charge in [-0.05, 0) is 36.8 Å². The molecule has 0 amide bonds. The van der Waals surface area contributed by atoms with Crippen LogP contribution >= 0.6 is 0 Å². The van der Waals surface area contributed by atoms with Crippen molar-refractivity contribution in [3.63, 3.8) is 0 Å². The van der Waals surface area contributed by atoms with Crippen LogP contribution in [0.4, 0.5) is 4.39 Å². The molecule has 0 aliphatic rings. The Morgan fingerprint density at radius 2 is 2.00 bits per heavy atom. The van der Waals surface area contributed by atoms with Crippen molar-refractivity contribution >= 4 is 5.96 Å². The molecule has 146 valence electrons. The summed E-state index contributed by atoms with van der Waals surface area (Å²) in [5.41, 5.74) is 2.75. The van der Waals surface area contributed by atoms with E-state index in [4.69, 9.17) is 0 Å². The molecule has 28 heavy (non-hydrogen) atoms. The number of hydrogen-bond acceptors (Lipinski definition) is 3. The number of aromatic hydroxyl groups is 1. The maximum atomic E-state index is 13.5. The summed E-state index contributed by atoms with van der Waals surface area (Å²) in [6, 6.07) is 14.2. The number of rotatable bonds is 6. The molecular formula is C21H24FN5O. The van der Waals surface area contributed by atoms with Crippen molar-refractivity contribution in [3.05, 3.63) is 77.9 Å². The molecule has 3 rings (SSSR count). The summed E-state index contributed by atoms with van der Waals surface area (Å²) in [5.74, 6) is -0.282. The molecule has 0 radical (unpaired) electrons. The monoisotopic (exact) mass is 381 g/mol. The molecule has 0 fully saturated rings. The van der Waals surface area contributed by atoms with E-state index in [1.165, 1.54) is 12.1 Å². The van der Waals surface area contributed by atoms with Gasteiger partial charge in [-0.1, -0.05) is 24.3 Å². The van der Waals surface area contributed by atoms with Crippen LogP contribution in [0.2, 0.25) is 0 Å². The van der Waals surface area contributed by atoms with Gasteiger partial charge < -0.3 is 15.3 Å². The Morgan fingerprint density at radius 1 is 1.21 bits per heavy atom. The zero-order valence-corrected chi connectivity index (χ0v) is 16.0. The van der Waals surface area contributed by atoms with Crippen LogP contribution in [0.3, 0.4) is 0 Å². The van der Waals surface area contributed by atoms with Crippen LogP contribution in [0.15, 0.2) is 65.9 Å². The second-order valence-corrected chi connectivity index (χ2v) is 6.44. The topological polar surface area (TPSA) is 65.7 Å². The predicted octanol–water partition coefficient (Wildman–Crippen LogP) is 3.31. The van der Waals surface area contributed by atoms with Crippen LogP contribution < -0.4 is 5.32 Å². The van der Waals surface area contributed by atoms with E-state index in [9.17, 15) is 9.50 Å². The molecule has 3 aromatic rings. The summed E-state index contributed by atoms with van der Waals surface area (Å²) < 4.78 is 15.3. The maximum Gasteiger partial charge on any atom is 0.194 e. The van der Waals surface area contributed by atoms with Gasteiger partial charge in [0.15, 0.2) is 17.5 Å². The Labute approximate surface area is 164 Å². The highest BCUT2D eigenvalue weighted by Crippen LogP contribution is 2.17. The highest BCUT2D eigenvalue weighted by molar-refractivity contribution is 5.79. The van der Waals surface area contributed by atoms with Crippen molar-refractivity contribution in [1.29, 1.82) is 0 Å². The highest BCUT2D eigenvalue weighted by Gasteiger charge is 2.09. The minimum Gasteiger partial charge on any atom is -0.505 e. The van der Waals surface area contributed by atoms with Crippen LogP contribution in [-0.2, 0) is 13.1 Å². The molecular weight excluding hydrogens is 357 g/mol. The molecule has 6 nitrogen and oxygen atoms in total. The third-order valence-corrected chi connectivity index (χ3v) is 4.20. The van der Waals surface area contributed by atoms with Crippen molar-refractivity contribution in [3.8, 4) is 11.4 Å². The number of hydrogen-bond donors (Lipinski definition) is 2. The Morgan fingerprint density at radius 3 is 2.71 bits per heavy atom. The number of aliphatic imine (C=N–C) groups is 1. The molecule has 0 atom stereocenters. The van der Waals surface area contributed by atoms with Gasteiger partial charge in [0.05, 0.1) is 18.4 Å². The van der Waals surface area contributed by atoms with Crippen molar-refractivity contribution in [2.75, 3.05) is 13.6 Å².